The van der Waals surface area contributed by atoms with Crippen LogP contribution in [0.25, 0.3) is 0 Å². The fraction of sp³-hybridized carbons (Fsp3) is 0.0833. The van der Waals surface area contributed by atoms with Gasteiger partial charge in [0.05, 0.1) is 11.1 Å². The molecule has 0 bridgehead atoms. The molecule has 0 saturated carbocycles. The average molecular weight is 227 g/mol. The minimum absolute atomic E-state index is 0.318. The van der Waals surface area contributed by atoms with Crippen LogP contribution in [0.1, 0.15) is 21.7 Å². The molecule has 5 nitrogen and oxygen atoms in total. The maximum Gasteiger partial charge on any atom is 0.259 e. The molecule has 1 amide bonds. The zero-order valence-electron chi connectivity index (χ0n) is 9.10. The number of hydrogen-bond acceptors (Lipinski definition) is 4. The van der Waals surface area contributed by atoms with Gasteiger partial charge in [-0.05, 0) is 19.1 Å². The summed E-state index contributed by atoms with van der Waals surface area (Å²) in [7, 11) is 0. The molecule has 17 heavy (non-hydrogen) atoms. The van der Waals surface area contributed by atoms with Gasteiger partial charge in [0.1, 0.15) is 11.8 Å². The SMILES string of the molecule is Cc1ccc(NC(=O)c2cncc(C#N)c2)o1. The van der Waals surface area contributed by atoms with Gasteiger partial charge >= 0.3 is 0 Å². The van der Waals surface area contributed by atoms with E-state index in [0.29, 0.717) is 22.8 Å². The van der Waals surface area contributed by atoms with Crippen LogP contribution < -0.4 is 5.32 Å². The zero-order chi connectivity index (χ0) is 12.3. The first-order valence-corrected chi connectivity index (χ1v) is 4.92. The van der Waals surface area contributed by atoms with Gasteiger partial charge in [-0.25, -0.2) is 0 Å². The highest BCUT2D eigenvalue weighted by molar-refractivity contribution is 6.03. The predicted octanol–water partition coefficient (Wildman–Crippen LogP) is 2.11. The molecule has 0 aromatic carbocycles. The van der Waals surface area contributed by atoms with Crippen LogP contribution in [0.5, 0.6) is 0 Å². The molecule has 5 heteroatoms. The molecule has 1 N–H and O–H groups in total. The van der Waals surface area contributed by atoms with Gasteiger partial charge in [0, 0.05) is 18.5 Å². The van der Waals surface area contributed by atoms with Gasteiger partial charge in [-0.3, -0.25) is 15.1 Å². The summed E-state index contributed by atoms with van der Waals surface area (Å²) in [4.78, 5) is 15.6. The zero-order valence-corrected chi connectivity index (χ0v) is 9.10. The Morgan fingerprint density at radius 2 is 2.29 bits per heavy atom. The first kappa shape index (κ1) is 10.9. The van der Waals surface area contributed by atoms with E-state index >= 15 is 0 Å². The summed E-state index contributed by atoms with van der Waals surface area (Å²) in [5.74, 6) is 0.725. The van der Waals surface area contributed by atoms with Crippen LogP contribution in [0.15, 0.2) is 35.0 Å². The fourth-order valence-electron chi connectivity index (χ4n) is 1.31. The number of carbonyl (C=O) groups is 1. The Labute approximate surface area is 97.7 Å². The lowest BCUT2D eigenvalue weighted by molar-refractivity contribution is 0.102. The third-order valence-electron chi connectivity index (χ3n) is 2.11. The van der Waals surface area contributed by atoms with Crippen molar-refractivity contribution >= 4 is 11.8 Å². The predicted molar refractivity (Wildman–Crippen MR) is 60.4 cm³/mol. The Hall–Kier alpha value is -2.61. The van der Waals surface area contributed by atoms with Gasteiger partial charge in [-0.2, -0.15) is 5.26 Å². The Balaban J connectivity index is 2.17. The number of carbonyl (C=O) groups excluding carboxylic acids is 1. The third-order valence-corrected chi connectivity index (χ3v) is 2.11. The van der Waals surface area contributed by atoms with Gasteiger partial charge in [0.2, 0.25) is 0 Å². The van der Waals surface area contributed by atoms with E-state index < -0.39 is 0 Å². The van der Waals surface area contributed by atoms with E-state index in [9.17, 15) is 4.79 Å². The lowest BCUT2D eigenvalue weighted by atomic mass is 10.2. The highest BCUT2D eigenvalue weighted by Gasteiger charge is 2.09. The van der Waals surface area contributed by atoms with Crippen LogP contribution in [0, 0.1) is 18.3 Å². The molecule has 84 valence electrons. The van der Waals surface area contributed by atoms with Crippen LogP contribution in [0.3, 0.4) is 0 Å². The molecule has 2 aromatic rings. The lowest BCUT2D eigenvalue weighted by Crippen LogP contribution is -2.11. The molecule has 0 unspecified atom stereocenters. The largest absolute Gasteiger partial charge is 0.446 e. The topological polar surface area (TPSA) is 78.9 Å². The number of pyridine rings is 1. The van der Waals surface area contributed by atoms with Crippen molar-refractivity contribution in [1.82, 2.24) is 4.98 Å². The van der Waals surface area contributed by atoms with E-state index in [0.717, 1.165) is 0 Å². The van der Waals surface area contributed by atoms with Crippen LogP contribution in [-0.4, -0.2) is 10.9 Å². The normalized spacial score (nSPS) is 9.65. The van der Waals surface area contributed by atoms with E-state index in [1.165, 1.54) is 18.5 Å². The second-order valence-electron chi connectivity index (χ2n) is 3.44. The molecule has 2 rings (SSSR count). The van der Waals surface area contributed by atoms with Crippen molar-refractivity contribution in [3.63, 3.8) is 0 Å². The minimum Gasteiger partial charge on any atom is -0.446 e. The number of amides is 1. The van der Waals surface area contributed by atoms with Crippen molar-refractivity contribution in [2.24, 2.45) is 0 Å². The summed E-state index contributed by atoms with van der Waals surface area (Å²) >= 11 is 0. The molecule has 0 aliphatic rings. The molecule has 0 fully saturated rings. The molecule has 0 radical (unpaired) electrons. The average Bonchev–Trinajstić information content (AvgIpc) is 2.75. The fourth-order valence-corrected chi connectivity index (χ4v) is 1.31. The number of aromatic nitrogens is 1. The third kappa shape index (κ3) is 2.49. The number of aryl methyl sites for hydroxylation is 1. The number of rotatable bonds is 2. The van der Waals surface area contributed by atoms with Gasteiger partial charge in [0.25, 0.3) is 5.91 Å². The second kappa shape index (κ2) is 4.49. The summed E-state index contributed by atoms with van der Waals surface area (Å²) < 4.78 is 5.21. The van der Waals surface area contributed by atoms with Crippen LogP contribution in [0.2, 0.25) is 0 Å². The van der Waals surface area contributed by atoms with Gasteiger partial charge in [-0.15, -0.1) is 0 Å². The lowest BCUT2D eigenvalue weighted by Gasteiger charge is -2.01. The Morgan fingerprint density at radius 3 is 2.94 bits per heavy atom. The standard InChI is InChI=1S/C12H9N3O2/c1-8-2-3-11(17-8)15-12(16)10-4-9(5-13)6-14-7-10/h2-4,6-7H,1H3,(H,15,16). The summed E-state index contributed by atoms with van der Waals surface area (Å²) in [6.45, 7) is 1.79. The van der Waals surface area contributed by atoms with Crippen molar-refractivity contribution in [3.8, 4) is 6.07 Å². The summed E-state index contributed by atoms with van der Waals surface area (Å²) in [6, 6.07) is 6.81. The Morgan fingerprint density at radius 1 is 1.47 bits per heavy atom. The molecule has 0 aliphatic carbocycles. The smallest absolute Gasteiger partial charge is 0.259 e. The molecular formula is C12H9N3O2. The molecule has 2 aromatic heterocycles. The van der Waals surface area contributed by atoms with E-state index in [1.54, 1.807) is 19.1 Å². The number of nitrogens with one attached hydrogen (secondary N) is 1. The maximum absolute atomic E-state index is 11.8. The van der Waals surface area contributed by atoms with E-state index in [1.807, 2.05) is 6.07 Å². The quantitative estimate of drug-likeness (QED) is 0.852. The van der Waals surface area contributed by atoms with Crippen LogP contribution in [-0.2, 0) is 0 Å². The number of anilines is 1. The van der Waals surface area contributed by atoms with Gasteiger partial charge in [-0.1, -0.05) is 0 Å². The number of furan rings is 1. The summed E-state index contributed by atoms with van der Waals surface area (Å²) in [6.07, 6.45) is 2.79. The van der Waals surface area contributed by atoms with Crippen LogP contribution in [0.4, 0.5) is 5.88 Å². The highest BCUT2D eigenvalue weighted by Crippen LogP contribution is 2.13. The second-order valence-corrected chi connectivity index (χ2v) is 3.44. The van der Waals surface area contributed by atoms with Gasteiger partial charge in [0.15, 0.2) is 5.88 Å². The van der Waals surface area contributed by atoms with Crippen molar-refractivity contribution in [2.75, 3.05) is 5.32 Å². The summed E-state index contributed by atoms with van der Waals surface area (Å²) in [5, 5.41) is 11.3. The first-order valence-electron chi connectivity index (χ1n) is 4.92. The molecule has 0 aliphatic heterocycles. The molecule has 0 atom stereocenters. The Kier molecular flexibility index (Phi) is 2.88. The van der Waals surface area contributed by atoms with E-state index in [-0.39, 0.29) is 5.91 Å². The minimum atomic E-state index is -0.357. The van der Waals surface area contributed by atoms with Crippen molar-refractivity contribution < 1.29 is 9.21 Å². The van der Waals surface area contributed by atoms with Crippen LogP contribution >= 0.6 is 0 Å². The molecule has 0 saturated heterocycles. The molecule has 0 spiro atoms. The van der Waals surface area contributed by atoms with E-state index in [2.05, 4.69) is 10.3 Å². The first-order chi connectivity index (χ1) is 8.19. The monoisotopic (exact) mass is 227 g/mol. The number of nitrogens with zero attached hydrogens (tertiary/aromatic N) is 2. The summed E-state index contributed by atoms with van der Waals surface area (Å²) in [5.41, 5.74) is 0.659. The van der Waals surface area contributed by atoms with Crippen molar-refractivity contribution in [1.29, 1.82) is 5.26 Å². The van der Waals surface area contributed by atoms with Crippen molar-refractivity contribution in [3.05, 3.63) is 47.5 Å². The molecular weight excluding hydrogens is 218 g/mol. The number of hydrogen-bond donors (Lipinski definition) is 1. The Bertz CT molecular complexity index is 596. The van der Waals surface area contributed by atoms with E-state index in [4.69, 9.17) is 9.68 Å². The van der Waals surface area contributed by atoms with Gasteiger partial charge < -0.3 is 4.42 Å². The highest BCUT2D eigenvalue weighted by atomic mass is 16.4. The molecule has 2 heterocycles. The maximum atomic E-state index is 11.8. The van der Waals surface area contributed by atoms with Crippen molar-refractivity contribution in [2.45, 2.75) is 6.92 Å². The number of nitriles is 1.